The molecular weight excluding hydrogens is 286 g/mol. The lowest BCUT2D eigenvalue weighted by Crippen LogP contribution is -2.35. The monoisotopic (exact) mass is 303 g/mol. The molecule has 0 atom stereocenters. The summed E-state index contributed by atoms with van der Waals surface area (Å²) >= 11 is 0. The fraction of sp³-hybridized carbons (Fsp3) is 0.250. The first-order valence-corrected chi connectivity index (χ1v) is 6.79. The zero-order chi connectivity index (χ0) is 13.9. The number of nitrogens with one attached hydrogen (secondary N) is 1. The highest BCUT2D eigenvalue weighted by molar-refractivity contribution is 5.94. The molecular formula is C16H18ClN3O. The second kappa shape index (κ2) is 6.70. The van der Waals surface area contributed by atoms with Crippen molar-refractivity contribution in [2.75, 3.05) is 0 Å². The Kier molecular flexibility index (Phi) is 4.94. The first kappa shape index (κ1) is 15.5. The summed E-state index contributed by atoms with van der Waals surface area (Å²) in [6, 6.07) is 12.0. The van der Waals surface area contributed by atoms with Gasteiger partial charge in [-0.05, 0) is 36.1 Å². The highest BCUT2D eigenvalue weighted by Gasteiger charge is 2.22. The normalized spacial score (nSPS) is 13.4. The summed E-state index contributed by atoms with van der Waals surface area (Å²) in [6.07, 6.45) is 3.42. The molecule has 4 nitrogen and oxygen atoms in total. The number of carbonyl (C=O) groups is 1. The van der Waals surface area contributed by atoms with Crippen molar-refractivity contribution in [2.45, 2.75) is 25.4 Å². The molecule has 3 N–H and O–H groups in total. The van der Waals surface area contributed by atoms with Crippen LogP contribution in [-0.4, -0.2) is 16.9 Å². The molecule has 1 aromatic heterocycles. The Labute approximate surface area is 130 Å². The van der Waals surface area contributed by atoms with E-state index in [9.17, 15) is 4.79 Å². The van der Waals surface area contributed by atoms with Crippen LogP contribution in [0.5, 0.6) is 0 Å². The molecule has 110 valence electrons. The second-order valence-corrected chi connectivity index (χ2v) is 5.09. The van der Waals surface area contributed by atoms with Gasteiger partial charge in [0.15, 0.2) is 0 Å². The average molecular weight is 304 g/mol. The lowest BCUT2D eigenvalue weighted by molar-refractivity contribution is 0.0938. The van der Waals surface area contributed by atoms with Gasteiger partial charge in [0.05, 0.1) is 5.69 Å². The van der Waals surface area contributed by atoms with Gasteiger partial charge in [0, 0.05) is 24.3 Å². The summed E-state index contributed by atoms with van der Waals surface area (Å²) in [7, 11) is 0. The summed E-state index contributed by atoms with van der Waals surface area (Å²) in [4.78, 5) is 16.3. The molecule has 0 fully saturated rings. The van der Waals surface area contributed by atoms with E-state index in [4.69, 9.17) is 5.73 Å². The van der Waals surface area contributed by atoms with E-state index in [1.165, 1.54) is 11.1 Å². The van der Waals surface area contributed by atoms with E-state index in [-0.39, 0.29) is 24.4 Å². The third-order valence-corrected chi connectivity index (χ3v) is 3.67. The number of carbonyl (C=O) groups excluding carboxylic acids is 1. The van der Waals surface area contributed by atoms with Crippen molar-refractivity contribution in [1.29, 1.82) is 0 Å². The maximum Gasteiger partial charge on any atom is 0.251 e. The number of benzene rings is 1. The van der Waals surface area contributed by atoms with Gasteiger partial charge in [-0.15, -0.1) is 12.4 Å². The second-order valence-electron chi connectivity index (χ2n) is 5.09. The van der Waals surface area contributed by atoms with Crippen molar-refractivity contribution in [3.05, 3.63) is 65.0 Å². The lowest BCUT2D eigenvalue weighted by Gasteiger charge is -2.12. The first-order valence-electron chi connectivity index (χ1n) is 6.79. The Morgan fingerprint density at radius 3 is 2.52 bits per heavy atom. The highest BCUT2D eigenvalue weighted by Crippen LogP contribution is 2.21. The number of amides is 1. The summed E-state index contributed by atoms with van der Waals surface area (Å²) in [5.41, 5.74) is 9.55. The van der Waals surface area contributed by atoms with E-state index < -0.39 is 0 Å². The van der Waals surface area contributed by atoms with Crippen molar-refractivity contribution in [3.63, 3.8) is 0 Å². The quantitative estimate of drug-likeness (QED) is 0.909. The molecule has 1 aliphatic carbocycles. The molecule has 21 heavy (non-hydrogen) atoms. The van der Waals surface area contributed by atoms with E-state index in [1.807, 2.05) is 12.1 Å². The average Bonchev–Trinajstić information content (AvgIpc) is 2.89. The Balaban J connectivity index is 0.00000161. The Morgan fingerprint density at radius 2 is 1.90 bits per heavy atom. The van der Waals surface area contributed by atoms with Crippen LogP contribution in [0.15, 0.2) is 42.6 Å². The number of rotatable bonds is 3. The minimum absolute atomic E-state index is 0. The summed E-state index contributed by atoms with van der Waals surface area (Å²) in [5, 5.41) is 3.09. The molecule has 0 saturated carbocycles. The number of fused-ring (bicyclic) bond motifs is 1. The molecule has 3 rings (SSSR count). The van der Waals surface area contributed by atoms with Crippen LogP contribution in [0.2, 0.25) is 0 Å². The van der Waals surface area contributed by atoms with Gasteiger partial charge in [0.2, 0.25) is 0 Å². The zero-order valence-corrected chi connectivity index (χ0v) is 12.4. The number of pyridine rings is 1. The molecule has 2 aromatic rings. The van der Waals surface area contributed by atoms with Crippen molar-refractivity contribution in [1.82, 2.24) is 10.3 Å². The number of hydrogen-bond donors (Lipinski definition) is 2. The van der Waals surface area contributed by atoms with Gasteiger partial charge < -0.3 is 11.1 Å². The van der Waals surface area contributed by atoms with Crippen molar-refractivity contribution < 1.29 is 4.79 Å². The minimum Gasteiger partial charge on any atom is -0.349 e. The van der Waals surface area contributed by atoms with E-state index in [0.29, 0.717) is 12.1 Å². The van der Waals surface area contributed by atoms with Gasteiger partial charge in [-0.2, -0.15) is 0 Å². The molecule has 0 saturated heterocycles. The maximum atomic E-state index is 12.2. The Bertz CT molecular complexity index is 620. The molecule has 1 aromatic carbocycles. The van der Waals surface area contributed by atoms with Gasteiger partial charge in [0.25, 0.3) is 5.91 Å². The number of nitrogens with two attached hydrogens (primary N) is 1. The summed E-state index contributed by atoms with van der Waals surface area (Å²) < 4.78 is 0. The highest BCUT2D eigenvalue weighted by atomic mass is 35.5. The molecule has 5 heteroatoms. The van der Waals surface area contributed by atoms with Gasteiger partial charge in [-0.25, -0.2) is 0 Å². The number of aromatic nitrogens is 1. The largest absolute Gasteiger partial charge is 0.349 e. The summed E-state index contributed by atoms with van der Waals surface area (Å²) in [6.45, 7) is 0.343. The third-order valence-electron chi connectivity index (χ3n) is 3.67. The van der Waals surface area contributed by atoms with Crippen molar-refractivity contribution >= 4 is 18.3 Å². The van der Waals surface area contributed by atoms with Crippen LogP contribution in [-0.2, 0) is 19.4 Å². The number of hydrogen-bond acceptors (Lipinski definition) is 3. The van der Waals surface area contributed by atoms with Crippen LogP contribution in [0.25, 0.3) is 0 Å². The lowest BCUT2D eigenvalue weighted by atomic mass is 10.1. The van der Waals surface area contributed by atoms with Crippen LogP contribution >= 0.6 is 12.4 Å². The topological polar surface area (TPSA) is 68.0 Å². The fourth-order valence-electron chi connectivity index (χ4n) is 2.66. The molecule has 1 amide bonds. The SMILES string of the molecule is Cl.NCc1cc(C(=O)NC2Cc3ccccc3C2)ccn1. The van der Waals surface area contributed by atoms with Crippen LogP contribution < -0.4 is 11.1 Å². The number of nitrogens with zero attached hydrogens (tertiary/aromatic N) is 1. The van der Waals surface area contributed by atoms with Crippen LogP contribution in [0, 0.1) is 0 Å². The zero-order valence-electron chi connectivity index (χ0n) is 11.6. The molecule has 1 heterocycles. The minimum atomic E-state index is -0.0556. The van der Waals surface area contributed by atoms with Crippen LogP contribution in [0.1, 0.15) is 27.2 Å². The molecule has 1 aliphatic rings. The van der Waals surface area contributed by atoms with E-state index in [0.717, 1.165) is 18.5 Å². The van der Waals surface area contributed by atoms with Gasteiger partial charge in [-0.1, -0.05) is 24.3 Å². The molecule has 0 bridgehead atoms. The van der Waals surface area contributed by atoms with E-state index >= 15 is 0 Å². The summed E-state index contributed by atoms with van der Waals surface area (Å²) in [5.74, 6) is -0.0556. The van der Waals surface area contributed by atoms with Crippen LogP contribution in [0.3, 0.4) is 0 Å². The first-order chi connectivity index (χ1) is 9.76. The third kappa shape index (κ3) is 3.40. The van der Waals surface area contributed by atoms with Crippen molar-refractivity contribution in [2.24, 2.45) is 5.73 Å². The Hall–Kier alpha value is -1.91. The molecule has 0 radical (unpaired) electrons. The van der Waals surface area contributed by atoms with E-state index in [1.54, 1.807) is 18.3 Å². The van der Waals surface area contributed by atoms with Gasteiger partial charge in [0.1, 0.15) is 0 Å². The Morgan fingerprint density at radius 1 is 1.24 bits per heavy atom. The van der Waals surface area contributed by atoms with Gasteiger partial charge >= 0.3 is 0 Å². The standard InChI is InChI=1S/C16H17N3O.ClH/c17-10-15-9-13(5-6-18-15)16(20)19-14-7-11-3-1-2-4-12(11)8-14;/h1-6,9,14H,7-8,10,17H2,(H,19,20);1H. The van der Waals surface area contributed by atoms with Crippen molar-refractivity contribution in [3.8, 4) is 0 Å². The smallest absolute Gasteiger partial charge is 0.251 e. The predicted molar refractivity (Wildman–Crippen MR) is 84.5 cm³/mol. The van der Waals surface area contributed by atoms with Crippen LogP contribution in [0.4, 0.5) is 0 Å². The van der Waals surface area contributed by atoms with Gasteiger partial charge in [-0.3, -0.25) is 9.78 Å². The molecule has 0 aliphatic heterocycles. The maximum absolute atomic E-state index is 12.2. The number of halogens is 1. The fourth-order valence-corrected chi connectivity index (χ4v) is 2.66. The molecule has 0 spiro atoms. The predicted octanol–water partition coefficient (Wildman–Crippen LogP) is 1.86. The molecule has 0 unspecified atom stereocenters. The van der Waals surface area contributed by atoms with E-state index in [2.05, 4.69) is 22.4 Å².